The Kier molecular flexibility index (Phi) is 7.71. The fraction of sp³-hybridized carbons (Fsp3) is 0.800. The van der Waals surface area contributed by atoms with Crippen molar-refractivity contribution in [3.8, 4) is 12.3 Å². The van der Waals surface area contributed by atoms with E-state index in [-0.39, 0.29) is 0 Å². The molecule has 0 bridgehead atoms. The minimum Gasteiger partial charge on any atom is -0.382 e. The first-order valence-corrected chi connectivity index (χ1v) is 4.67. The van der Waals surface area contributed by atoms with Gasteiger partial charge < -0.3 is 4.74 Å². The Bertz CT molecular complexity index is 153. The highest BCUT2D eigenvalue weighted by Crippen LogP contribution is 2.07. The molecule has 76 valence electrons. The lowest BCUT2D eigenvalue weighted by Crippen LogP contribution is -2.35. The molecule has 0 heterocycles. The smallest absolute Gasteiger partial charge is 0.0543 e. The van der Waals surface area contributed by atoms with E-state index in [1.807, 2.05) is 0 Å². The average Bonchev–Trinajstić information content (AvgIpc) is 2.17. The van der Waals surface area contributed by atoms with Gasteiger partial charge >= 0.3 is 0 Å². The molecule has 0 aromatic heterocycles. The van der Waals surface area contributed by atoms with Crippen molar-refractivity contribution < 1.29 is 4.74 Å². The van der Waals surface area contributed by atoms with Gasteiger partial charge in [-0.25, -0.2) is 0 Å². The molecule has 0 aliphatic rings. The molecule has 0 saturated carbocycles. The van der Waals surface area contributed by atoms with Crippen LogP contribution in [0, 0.1) is 12.3 Å². The summed E-state index contributed by atoms with van der Waals surface area (Å²) in [5, 5.41) is 0. The van der Waals surface area contributed by atoms with Crippen LogP contribution in [0.5, 0.6) is 0 Å². The molecule has 3 heteroatoms. The number of nitrogens with two attached hydrogens (primary N) is 1. The van der Waals surface area contributed by atoms with Crippen molar-refractivity contribution in [2.75, 3.05) is 7.11 Å². The van der Waals surface area contributed by atoms with Gasteiger partial charge in [-0.1, -0.05) is 0 Å². The summed E-state index contributed by atoms with van der Waals surface area (Å²) >= 11 is 0. The van der Waals surface area contributed by atoms with Crippen LogP contribution in [0.1, 0.15) is 32.6 Å². The van der Waals surface area contributed by atoms with Crippen LogP contribution in [0.25, 0.3) is 0 Å². The summed E-state index contributed by atoms with van der Waals surface area (Å²) in [5.41, 5.74) is 2.77. The molecule has 0 aliphatic carbocycles. The second-order valence-corrected chi connectivity index (χ2v) is 3.23. The Labute approximate surface area is 81.0 Å². The maximum atomic E-state index is 5.38. The van der Waals surface area contributed by atoms with E-state index < -0.39 is 0 Å². The predicted octanol–water partition coefficient (Wildman–Crippen LogP) is 1.05. The molecule has 0 radical (unpaired) electrons. The van der Waals surface area contributed by atoms with Crippen LogP contribution < -0.4 is 11.3 Å². The molecule has 0 aromatic rings. The highest BCUT2D eigenvalue weighted by Gasteiger charge is 2.07. The van der Waals surface area contributed by atoms with Gasteiger partial charge in [0.15, 0.2) is 0 Å². The number of hydrazine groups is 1. The molecule has 3 nitrogen and oxygen atoms in total. The van der Waals surface area contributed by atoms with Crippen LogP contribution in [0.4, 0.5) is 0 Å². The van der Waals surface area contributed by atoms with Gasteiger partial charge in [-0.2, -0.15) is 0 Å². The Morgan fingerprint density at radius 2 is 2.15 bits per heavy atom. The van der Waals surface area contributed by atoms with Gasteiger partial charge in [0.05, 0.1) is 6.10 Å². The molecule has 0 amide bonds. The summed E-state index contributed by atoms with van der Waals surface area (Å²) in [5.74, 6) is 7.99. The normalized spacial score (nSPS) is 14.9. The van der Waals surface area contributed by atoms with Gasteiger partial charge in [-0.05, 0) is 26.2 Å². The molecule has 0 aliphatic heterocycles. The second kappa shape index (κ2) is 8.06. The second-order valence-electron chi connectivity index (χ2n) is 3.23. The van der Waals surface area contributed by atoms with Crippen molar-refractivity contribution in [3.63, 3.8) is 0 Å². The number of ether oxygens (including phenoxy) is 1. The summed E-state index contributed by atoms with van der Waals surface area (Å²) in [7, 11) is 1.72. The minimum absolute atomic E-state index is 0.293. The van der Waals surface area contributed by atoms with Crippen LogP contribution >= 0.6 is 0 Å². The molecule has 2 atom stereocenters. The first kappa shape index (κ1) is 12.4. The Morgan fingerprint density at radius 1 is 1.46 bits per heavy atom. The maximum Gasteiger partial charge on any atom is 0.0543 e. The highest BCUT2D eigenvalue weighted by molar-refractivity contribution is 4.85. The van der Waals surface area contributed by atoms with Gasteiger partial charge in [0.25, 0.3) is 0 Å². The van der Waals surface area contributed by atoms with E-state index in [2.05, 4.69) is 18.3 Å². The number of hydrogen-bond donors (Lipinski definition) is 2. The highest BCUT2D eigenvalue weighted by atomic mass is 16.5. The van der Waals surface area contributed by atoms with Gasteiger partial charge in [-0.3, -0.25) is 11.3 Å². The van der Waals surface area contributed by atoms with Crippen LogP contribution in [0.2, 0.25) is 0 Å². The van der Waals surface area contributed by atoms with Crippen LogP contribution in [-0.4, -0.2) is 19.3 Å². The van der Waals surface area contributed by atoms with Gasteiger partial charge in [-0.15, -0.1) is 12.3 Å². The van der Waals surface area contributed by atoms with Crippen molar-refractivity contribution in [1.29, 1.82) is 0 Å². The van der Waals surface area contributed by atoms with E-state index >= 15 is 0 Å². The van der Waals surface area contributed by atoms with E-state index in [0.29, 0.717) is 12.1 Å². The molecule has 13 heavy (non-hydrogen) atoms. The molecular formula is C10H20N2O. The molecule has 3 N–H and O–H groups in total. The predicted molar refractivity (Wildman–Crippen MR) is 54.9 cm³/mol. The van der Waals surface area contributed by atoms with Crippen molar-refractivity contribution >= 4 is 0 Å². The van der Waals surface area contributed by atoms with Crippen LogP contribution in [-0.2, 0) is 4.74 Å². The zero-order valence-electron chi connectivity index (χ0n) is 8.55. The van der Waals surface area contributed by atoms with Gasteiger partial charge in [0.1, 0.15) is 0 Å². The Balaban J connectivity index is 3.54. The van der Waals surface area contributed by atoms with E-state index in [4.69, 9.17) is 17.0 Å². The van der Waals surface area contributed by atoms with E-state index in [9.17, 15) is 0 Å². The third kappa shape index (κ3) is 6.59. The van der Waals surface area contributed by atoms with E-state index in [0.717, 1.165) is 25.7 Å². The quantitative estimate of drug-likeness (QED) is 0.353. The molecule has 0 spiro atoms. The number of nitrogens with one attached hydrogen (secondary N) is 1. The molecule has 0 fully saturated rings. The lowest BCUT2D eigenvalue weighted by atomic mass is 10.0. The van der Waals surface area contributed by atoms with Crippen LogP contribution in [0.3, 0.4) is 0 Å². The Hall–Kier alpha value is -0.560. The summed E-state index contributed by atoms with van der Waals surface area (Å²) in [6, 6.07) is 0.314. The fourth-order valence-corrected chi connectivity index (χ4v) is 1.12. The van der Waals surface area contributed by atoms with Crippen molar-refractivity contribution in [1.82, 2.24) is 5.43 Å². The monoisotopic (exact) mass is 184 g/mol. The number of terminal acetylenes is 1. The van der Waals surface area contributed by atoms with E-state index in [1.165, 1.54) is 0 Å². The summed E-state index contributed by atoms with van der Waals surface area (Å²) < 4.78 is 5.14. The first-order chi connectivity index (χ1) is 6.24. The number of rotatable bonds is 7. The lowest BCUT2D eigenvalue weighted by Gasteiger charge is -2.16. The molecule has 0 aromatic carbocycles. The van der Waals surface area contributed by atoms with E-state index in [1.54, 1.807) is 7.11 Å². The summed E-state index contributed by atoms with van der Waals surface area (Å²) in [6.07, 6.45) is 9.19. The SMILES string of the molecule is C#CCCC(CCC(C)OC)NN. The summed E-state index contributed by atoms with van der Waals surface area (Å²) in [6.45, 7) is 2.05. The van der Waals surface area contributed by atoms with Crippen molar-refractivity contribution in [2.45, 2.75) is 44.8 Å². The number of methoxy groups -OCH3 is 1. The molecular weight excluding hydrogens is 164 g/mol. The lowest BCUT2D eigenvalue weighted by molar-refractivity contribution is 0.106. The largest absolute Gasteiger partial charge is 0.382 e. The van der Waals surface area contributed by atoms with Gasteiger partial charge in [0, 0.05) is 19.6 Å². The fourth-order valence-electron chi connectivity index (χ4n) is 1.12. The minimum atomic E-state index is 0.293. The zero-order valence-corrected chi connectivity index (χ0v) is 8.55. The Morgan fingerprint density at radius 3 is 2.62 bits per heavy atom. The van der Waals surface area contributed by atoms with Crippen LogP contribution in [0.15, 0.2) is 0 Å². The summed E-state index contributed by atoms with van der Waals surface area (Å²) in [4.78, 5) is 0. The maximum absolute atomic E-state index is 5.38. The third-order valence-corrected chi connectivity index (χ3v) is 2.20. The molecule has 0 rings (SSSR count). The standard InChI is InChI=1S/C10H20N2O/c1-4-5-6-10(12-11)8-7-9(2)13-3/h1,9-10,12H,5-8,11H2,2-3H3. The first-order valence-electron chi connectivity index (χ1n) is 4.67. The van der Waals surface area contributed by atoms with Crippen molar-refractivity contribution in [2.24, 2.45) is 5.84 Å². The molecule has 2 unspecified atom stereocenters. The third-order valence-electron chi connectivity index (χ3n) is 2.20. The van der Waals surface area contributed by atoms with Gasteiger partial charge in [0.2, 0.25) is 0 Å². The number of hydrogen-bond acceptors (Lipinski definition) is 3. The topological polar surface area (TPSA) is 47.3 Å². The average molecular weight is 184 g/mol. The van der Waals surface area contributed by atoms with Crippen molar-refractivity contribution in [3.05, 3.63) is 0 Å². The molecule has 0 saturated heterocycles. The zero-order chi connectivity index (χ0) is 10.1.